The minimum atomic E-state index is -4.65. The van der Waals surface area contributed by atoms with Gasteiger partial charge in [-0.3, -0.25) is 48.8 Å². The molecule has 6 aromatic carbocycles. The van der Waals surface area contributed by atoms with Gasteiger partial charge in [-0.15, -0.1) is 0 Å². The minimum Gasteiger partial charge on any atom is -0.493 e. The highest BCUT2D eigenvalue weighted by atomic mass is 35.5. The molecule has 33 heteroatoms. The lowest BCUT2D eigenvalue weighted by molar-refractivity contribution is -0.386. The SMILES string of the molecule is C=S(C)(=O)C1CCC(C[C@@H]2COc3cc(S(=O)(=O)NC(=O)c4ccc(N5CCN(CC6=C(c7ccc(Cl)cc7)CC(C)(C)CC6)CC5)cc4Oc4cnc5[nH]ccc5c4)cc([N+](=O)[O-])c3C2)CC1.Cc1ccc([C@H]2COc3cc(S(=O)(=O)NC(=O)c4ccc(N5CCN(CC6=C(c7ccc(Cl)cc7)CC(C)(C)CC6)CC5)cc4Oc4cnc5[nH]ccc5c4)cc([N+](=O)[O-])c3C2)nc1. The Labute approximate surface area is 778 Å². The number of allylic oxidation sites excluding steroid dienone is 2. The lowest BCUT2D eigenvalue weighted by Gasteiger charge is -2.39. The number of aromatic nitrogens is 5. The van der Waals surface area contributed by atoms with E-state index in [9.17, 15) is 50.9 Å². The molecule has 3 atom stereocenters. The number of hydrogen-bond acceptors (Lipinski definition) is 22. The molecule has 18 rings (SSSR count). The second-order valence-electron chi connectivity index (χ2n) is 37.6. The number of nitrogens with one attached hydrogen (secondary N) is 4. The lowest BCUT2D eigenvalue weighted by atomic mass is 9.72. The number of amides is 2. The molecule has 0 spiro atoms. The molecule has 28 nitrogen and oxygen atoms in total. The molecule has 132 heavy (non-hydrogen) atoms. The van der Waals surface area contributed by atoms with Crippen LogP contribution in [0.5, 0.6) is 34.5 Å². The number of carbonyl (C=O) groups excluding carboxylic acids is 2. The van der Waals surface area contributed by atoms with E-state index in [0.29, 0.717) is 72.6 Å². The molecule has 3 fully saturated rings. The van der Waals surface area contributed by atoms with Crippen LogP contribution in [0.1, 0.15) is 158 Å². The molecule has 2 saturated heterocycles. The van der Waals surface area contributed by atoms with Gasteiger partial charge in [-0.2, -0.15) is 0 Å². The topological polar surface area (TPSA) is 350 Å². The van der Waals surface area contributed by atoms with Crippen molar-refractivity contribution in [2.45, 2.75) is 139 Å². The summed E-state index contributed by atoms with van der Waals surface area (Å²) in [6, 6.07) is 41.9. The van der Waals surface area contributed by atoms with Crippen LogP contribution in [0.4, 0.5) is 22.7 Å². The van der Waals surface area contributed by atoms with Crippen LogP contribution in [0.25, 0.3) is 33.2 Å². The smallest absolute Gasteiger partial charge is 0.277 e. The standard InChI is InChI=1S/C51H59ClN6O8S2.C48H48ClN7O7S/c1-51(2)17-15-37(45(29-51)35-7-9-38(52)10-8-35)31-56-19-21-57(22-20-56)39-11-14-43(48(26-39)66-40-25-36-16-18-53-49(36)54-30-40)50(59)55-68(63,64)42-27-46(58(60)61)44-24-34(32-65-47(44)28-42)23-33-5-12-41(13-6-33)67(3,4)62;1-30-4-11-42(51-26-30)34-21-40-43(56(58)59)23-38(24-44(40)62-29-34)64(60,61)53-47(57)39-10-9-36(22-45(39)63-37-20-32-13-15-50-46(32)52-27-37)55-18-16-54(17-19-55)28-33-12-14-48(2,3)25-41(33)31-5-7-35(49)8-6-31/h7-11,14,16,18,25-28,30,33-34,41H,3,5-6,12-13,15,17,19-24,29,31-32H2,1-2,4H3,(H,53,54)(H,55,59);4-11,13,15,20,22-24,26-27,34H,12,14,16-19,21,25,28-29H2,1-3H3,(H,50,52)(H,53,57)/t33?,34-,41?,67?;34-/m01/s1. The first-order valence-corrected chi connectivity index (χ1v) is 50.6. The molecular formula is C99H107Cl2N13O15S3. The average molecular weight is 1890 g/mol. The summed E-state index contributed by atoms with van der Waals surface area (Å²) in [5, 5.41) is 27.9. The number of aromatic amines is 2. The van der Waals surface area contributed by atoms with Crippen molar-refractivity contribution in [2.24, 2.45) is 22.7 Å². The molecular weight excluding hydrogens is 1780 g/mol. The number of anilines is 2. The number of pyridine rings is 3. The number of hydrogen-bond donors (Lipinski definition) is 4. The predicted octanol–water partition coefficient (Wildman–Crippen LogP) is 18.9. The molecule has 690 valence electrons. The first-order chi connectivity index (χ1) is 63.0. The van der Waals surface area contributed by atoms with E-state index in [4.69, 9.17) is 42.1 Å². The Kier molecular flexibility index (Phi) is 26.6. The van der Waals surface area contributed by atoms with E-state index in [1.54, 1.807) is 67.3 Å². The zero-order valence-corrected chi connectivity index (χ0v) is 78.5. The average Bonchev–Trinajstić information content (AvgIpc) is 0.951. The summed E-state index contributed by atoms with van der Waals surface area (Å²) >= 11 is 12.5. The van der Waals surface area contributed by atoms with E-state index < -0.39 is 66.7 Å². The Morgan fingerprint density at radius 2 is 1.01 bits per heavy atom. The number of fused-ring (bicyclic) bond motifs is 4. The van der Waals surface area contributed by atoms with Crippen LogP contribution in [0.15, 0.2) is 198 Å². The van der Waals surface area contributed by atoms with E-state index in [2.05, 4.69) is 112 Å². The monoisotopic (exact) mass is 1880 g/mol. The third-order valence-electron chi connectivity index (χ3n) is 26.8. The number of piperazine rings is 2. The largest absolute Gasteiger partial charge is 0.493 e. The van der Waals surface area contributed by atoms with Crippen molar-refractivity contribution in [3.05, 3.63) is 263 Å². The maximum atomic E-state index is 14.1. The number of nitro groups is 2. The molecule has 9 heterocycles. The zero-order chi connectivity index (χ0) is 92.7. The van der Waals surface area contributed by atoms with Gasteiger partial charge in [0.25, 0.3) is 43.2 Å². The van der Waals surface area contributed by atoms with Gasteiger partial charge in [0, 0.05) is 176 Å². The third kappa shape index (κ3) is 21.3. The number of sulfonamides is 2. The fourth-order valence-electron chi connectivity index (χ4n) is 19.4. The van der Waals surface area contributed by atoms with Crippen LogP contribution in [0, 0.1) is 49.8 Å². The number of rotatable bonds is 24. The lowest BCUT2D eigenvalue weighted by Crippen LogP contribution is -2.47. The van der Waals surface area contributed by atoms with Crippen LogP contribution in [-0.4, -0.2) is 173 Å². The van der Waals surface area contributed by atoms with Crippen LogP contribution in [0.3, 0.4) is 0 Å². The summed E-state index contributed by atoms with van der Waals surface area (Å²) in [5.74, 6) is 3.11. The Hall–Kier alpha value is -11.7. The van der Waals surface area contributed by atoms with Crippen molar-refractivity contribution in [3.8, 4) is 34.5 Å². The maximum Gasteiger partial charge on any atom is 0.277 e. The minimum absolute atomic E-state index is 0.00457. The van der Waals surface area contributed by atoms with Gasteiger partial charge in [0.15, 0.2) is 0 Å². The van der Waals surface area contributed by atoms with Crippen molar-refractivity contribution < 1.29 is 59.4 Å². The summed E-state index contributed by atoms with van der Waals surface area (Å²) in [6.45, 7) is 19.5. The molecule has 1 unspecified atom stereocenters. The first-order valence-electron chi connectivity index (χ1n) is 44.7. The normalized spacial score (nSPS) is 19.9. The summed E-state index contributed by atoms with van der Waals surface area (Å²) < 4.78 is 97.3. The number of aryl methyl sites for hydroxylation is 1. The highest BCUT2D eigenvalue weighted by Crippen LogP contribution is 2.48. The first kappa shape index (κ1) is 92.2. The number of halogens is 2. The van der Waals surface area contributed by atoms with Gasteiger partial charge in [-0.1, -0.05) is 92.4 Å². The van der Waals surface area contributed by atoms with Crippen molar-refractivity contribution in [1.82, 2.24) is 44.2 Å². The Morgan fingerprint density at radius 1 is 0.553 bits per heavy atom. The van der Waals surface area contributed by atoms with Gasteiger partial charge in [-0.05, 0) is 235 Å². The molecule has 4 N–H and O–H groups in total. The quantitative estimate of drug-likeness (QED) is 0.0248. The number of H-pyrrole nitrogens is 2. The van der Waals surface area contributed by atoms with Crippen LogP contribution >= 0.6 is 23.2 Å². The van der Waals surface area contributed by atoms with Gasteiger partial charge in [0.2, 0.25) is 0 Å². The number of nitrogens with zero attached hydrogens (tertiary/aromatic N) is 9. The molecule has 3 aliphatic carbocycles. The molecule has 5 aromatic heterocycles. The summed E-state index contributed by atoms with van der Waals surface area (Å²) in [4.78, 5) is 79.7. The van der Waals surface area contributed by atoms with E-state index in [0.717, 1.165) is 160 Å². The van der Waals surface area contributed by atoms with Crippen molar-refractivity contribution >= 4 is 126 Å². The Morgan fingerprint density at radius 3 is 1.45 bits per heavy atom. The van der Waals surface area contributed by atoms with E-state index in [1.807, 2.05) is 55.5 Å². The van der Waals surface area contributed by atoms with Gasteiger partial charge in [0.1, 0.15) is 45.8 Å². The summed E-state index contributed by atoms with van der Waals surface area (Å²) in [6.07, 6.45) is 21.2. The Balaban J connectivity index is 0.000000185. The summed E-state index contributed by atoms with van der Waals surface area (Å²) in [5.41, 5.74) is 12.9. The number of benzene rings is 6. The maximum absolute atomic E-state index is 14.1. The molecule has 4 aliphatic heterocycles. The molecule has 0 radical (unpaired) electrons. The fraction of sp³-hybridized carbons (Fsp3) is 0.374. The highest BCUT2D eigenvalue weighted by molar-refractivity contribution is 8.00. The van der Waals surface area contributed by atoms with Gasteiger partial charge in [-0.25, -0.2) is 36.2 Å². The highest BCUT2D eigenvalue weighted by Gasteiger charge is 2.39. The summed E-state index contributed by atoms with van der Waals surface area (Å²) in [7, 11) is -11.4. The van der Waals surface area contributed by atoms with Crippen molar-refractivity contribution in [2.75, 3.05) is 94.7 Å². The van der Waals surface area contributed by atoms with Gasteiger partial charge in [0.05, 0.1) is 67.5 Å². The fourth-order valence-corrected chi connectivity index (χ4v) is 22.9. The Bertz CT molecular complexity index is 6700. The second-order valence-corrected chi connectivity index (χ2v) is 44.7. The number of ether oxygens (including phenoxy) is 4. The molecule has 1 saturated carbocycles. The number of carbonyl (C=O) groups is 2. The third-order valence-corrected chi connectivity index (χ3v) is 31.9. The van der Waals surface area contributed by atoms with Gasteiger partial charge >= 0.3 is 0 Å². The zero-order valence-electron chi connectivity index (χ0n) is 74.6. The number of nitro benzene ring substituents is 2. The second kappa shape index (κ2) is 38.1. The van der Waals surface area contributed by atoms with E-state index in [1.165, 1.54) is 64.0 Å². The van der Waals surface area contributed by atoms with E-state index in [-0.39, 0.29) is 92.9 Å². The molecule has 2 amide bonds. The molecule has 7 aliphatic rings. The van der Waals surface area contributed by atoms with Crippen molar-refractivity contribution in [1.29, 1.82) is 0 Å². The molecule has 11 aromatic rings. The van der Waals surface area contributed by atoms with Crippen LogP contribution < -0.4 is 38.2 Å². The van der Waals surface area contributed by atoms with Crippen LogP contribution in [-0.2, 0) is 42.4 Å². The van der Waals surface area contributed by atoms with Crippen LogP contribution in [0.2, 0.25) is 10.0 Å². The van der Waals surface area contributed by atoms with Gasteiger partial charge < -0.3 is 38.7 Å². The predicted molar refractivity (Wildman–Crippen MR) is 515 cm³/mol. The van der Waals surface area contributed by atoms with Crippen molar-refractivity contribution in [3.63, 3.8) is 0 Å². The van der Waals surface area contributed by atoms with E-state index >= 15 is 0 Å². The molecule has 0 bridgehead atoms.